The molecule has 1 saturated heterocycles. The van der Waals surface area contributed by atoms with Gasteiger partial charge < -0.3 is 14.2 Å². The number of anilines is 1. The van der Waals surface area contributed by atoms with Crippen LogP contribution in [0.3, 0.4) is 0 Å². The van der Waals surface area contributed by atoms with Crippen molar-refractivity contribution in [3.63, 3.8) is 0 Å². The van der Waals surface area contributed by atoms with Crippen molar-refractivity contribution in [1.29, 1.82) is 0 Å². The predicted molar refractivity (Wildman–Crippen MR) is 121 cm³/mol. The van der Waals surface area contributed by atoms with Crippen LogP contribution < -0.4 is 4.90 Å². The maximum absolute atomic E-state index is 10.8. The Balaban J connectivity index is 1.15. The van der Waals surface area contributed by atoms with E-state index in [9.17, 15) is 10.1 Å². The molecule has 0 aliphatic carbocycles. The van der Waals surface area contributed by atoms with Crippen molar-refractivity contribution in [2.45, 2.75) is 19.1 Å². The largest absolute Gasteiger partial charge is 0.433 e. The van der Waals surface area contributed by atoms with E-state index in [0.29, 0.717) is 17.9 Å². The standard InChI is InChI=1S/C24H24N4O4/c29-28(30)24-11-10-22(31-24)21-16-23(32-25-21)19-6-8-20(9-7-19)27-14-12-26(13-15-27)17-18-4-2-1-3-5-18/h1-11,23H,12-17H2. The van der Waals surface area contributed by atoms with E-state index in [2.05, 4.69) is 69.6 Å². The van der Waals surface area contributed by atoms with Crippen LogP contribution in [0, 0.1) is 10.1 Å². The van der Waals surface area contributed by atoms with E-state index in [-0.39, 0.29) is 12.0 Å². The molecule has 1 unspecified atom stereocenters. The zero-order valence-corrected chi connectivity index (χ0v) is 17.6. The third-order valence-corrected chi connectivity index (χ3v) is 5.98. The molecule has 1 aromatic heterocycles. The highest BCUT2D eigenvalue weighted by Crippen LogP contribution is 2.32. The predicted octanol–water partition coefficient (Wildman–Crippen LogP) is 4.38. The molecule has 1 atom stereocenters. The Labute approximate surface area is 185 Å². The van der Waals surface area contributed by atoms with Crippen molar-refractivity contribution >= 4 is 17.3 Å². The van der Waals surface area contributed by atoms with Gasteiger partial charge in [-0.15, -0.1) is 0 Å². The van der Waals surface area contributed by atoms with E-state index in [1.165, 1.54) is 17.3 Å². The third kappa shape index (κ3) is 4.36. The second kappa shape index (κ2) is 8.84. The van der Waals surface area contributed by atoms with E-state index in [4.69, 9.17) is 9.25 Å². The van der Waals surface area contributed by atoms with Crippen LogP contribution in [0.2, 0.25) is 0 Å². The Morgan fingerprint density at radius 1 is 0.969 bits per heavy atom. The molecule has 2 aliphatic rings. The number of rotatable bonds is 6. The molecule has 32 heavy (non-hydrogen) atoms. The third-order valence-electron chi connectivity index (χ3n) is 5.98. The molecule has 3 aromatic rings. The highest BCUT2D eigenvalue weighted by atomic mass is 16.7. The lowest BCUT2D eigenvalue weighted by molar-refractivity contribution is -0.402. The van der Waals surface area contributed by atoms with Crippen molar-refractivity contribution in [2.24, 2.45) is 5.16 Å². The van der Waals surface area contributed by atoms with Crippen LogP contribution in [0.15, 0.2) is 76.3 Å². The Morgan fingerprint density at radius 3 is 2.41 bits per heavy atom. The zero-order valence-electron chi connectivity index (χ0n) is 17.6. The number of benzene rings is 2. The van der Waals surface area contributed by atoms with E-state index in [1.54, 1.807) is 6.07 Å². The van der Waals surface area contributed by atoms with Crippen molar-refractivity contribution in [2.75, 3.05) is 31.1 Å². The Morgan fingerprint density at radius 2 is 1.72 bits per heavy atom. The van der Waals surface area contributed by atoms with Gasteiger partial charge in [0.1, 0.15) is 10.6 Å². The van der Waals surface area contributed by atoms with E-state index < -0.39 is 4.92 Å². The molecule has 2 aromatic carbocycles. The molecule has 0 spiro atoms. The smallest absolute Gasteiger partial charge is 0.399 e. The molecule has 2 aliphatic heterocycles. The Kier molecular flexibility index (Phi) is 5.60. The molecule has 8 heteroatoms. The van der Waals surface area contributed by atoms with Crippen LogP contribution >= 0.6 is 0 Å². The van der Waals surface area contributed by atoms with E-state index in [1.807, 2.05) is 0 Å². The van der Waals surface area contributed by atoms with Gasteiger partial charge in [0.05, 0.1) is 6.07 Å². The average molecular weight is 432 g/mol. The lowest BCUT2D eigenvalue weighted by atomic mass is 10.0. The molecule has 0 radical (unpaired) electrons. The van der Waals surface area contributed by atoms with Crippen molar-refractivity contribution in [3.05, 3.63) is 93.7 Å². The fourth-order valence-corrected chi connectivity index (χ4v) is 4.19. The number of hydrogen-bond donors (Lipinski definition) is 0. The average Bonchev–Trinajstić information content (AvgIpc) is 3.51. The monoisotopic (exact) mass is 432 g/mol. The summed E-state index contributed by atoms with van der Waals surface area (Å²) in [5.41, 5.74) is 4.17. The van der Waals surface area contributed by atoms with Gasteiger partial charge in [0.25, 0.3) is 0 Å². The summed E-state index contributed by atoms with van der Waals surface area (Å²) >= 11 is 0. The maximum atomic E-state index is 10.8. The molecule has 3 heterocycles. The van der Waals surface area contributed by atoms with Crippen LogP contribution in [0.25, 0.3) is 0 Å². The van der Waals surface area contributed by atoms with Crippen LogP contribution in [-0.2, 0) is 11.4 Å². The summed E-state index contributed by atoms with van der Waals surface area (Å²) in [4.78, 5) is 20.7. The van der Waals surface area contributed by atoms with Crippen LogP contribution in [-0.4, -0.2) is 41.7 Å². The normalized spacial score (nSPS) is 18.9. The molecular formula is C24H24N4O4. The fraction of sp³-hybridized carbons (Fsp3) is 0.292. The van der Waals surface area contributed by atoms with Gasteiger partial charge in [-0.3, -0.25) is 15.0 Å². The van der Waals surface area contributed by atoms with Gasteiger partial charge in [0, 0.05) is 44.8 Å². The number of nitrogens with zero attached hydrogens (tertiary/aromatic N) is 4. The first-order chi connectivity index (χ1) is 15.7. The van der Waals surface area contributed by atoms with E-state index >= 15 is 0 Å². The summed E-state index contributed by atoms with van der Waals surface area (Å²) in [6.45, 7) is 5.06. The number of oxime groups is 1. The highest BCUT2D eigenvalue weighted by molar-refractivity contribution is 5.99. The maximum Gasteiger partial charge on any atom is 0.433 e. The van der Waals surface area contributed by atoms with Crippen molar-refractivity contribution in [3.8, 4) is 0 Å². The molecule has 0 amide bonds. The minimum absolute atomic E-state index is 0.217. The number of nitro groups is 1. The first-order valence-electron chi connectivity index (χ1n) is 10.7. The number of furan rings is 1. The SMILES string of the molecule is O=[N+]([O-])c1ccc(C2=NOC(c3ccc(N4CCN(Cc5ccccc5)CC4)cc3)C2)o1. The molecule has 0 saturated carbocycles. The van der Waals surface area contributed by atoms with Gasteiger partial charge in [-0.05, 0) is 29.3 Å². The first kappa shape index (κ1) is 20.3. The minimum Gasteiger partial charge on any atom is -0.399 e. The van der Waals surface area contributed by atoms with Crippen LogP contribution in [0.5, 0.6) is 0 Å². The van der Waals surface area contributed by atoms with Gasteiger partial charge >= 0.3 is 5.88 Å². The van der Waals surface area contributed by atoms with E-state index in [0.717, 1.165) is 38.3 Å². The molecule has 0 bridgehead atoms. The quantitative estimate of drug-likeness (QED) is 0.425. The van der Waals surface area contributed by atoms with Crippen molar-refractivity contribution < 1.29 is 14.2 Å². The number of hydrogen-bond acceptors (Lipinski definition) is 7. The second-order valence-corrected chi connectivity index (χ2v) is 8.07. The first-order valence-corrected chi connectivity index (χ1v) is 10.7. The summed E-state index contributed by atoms with van der Waals surface area (Å²) in [6.07, 6.45) is 0.299. The molecule has 8 nitrogen and oxygen atoms in total. The topological polar surface area (TPSA) is 84.3 Å². The van der Waals surface area contributed by atoms with Crippen LogP contribution in [0.1, 0.15) is 29.4 Å². The molecule has 5 rings (SSSR count). The van der Waals surface area contributed by atoms with Gasteiger partial charge in [0.2, 0.25) is 0 Å². The minimum atomic E-state index is -0.558. The second-order valence-electron chi connectivity index (χ2n) is 8.07. The van der Waals surface area contributed by atoms with Crippen LogP contribution in [0.4, 0.5) is 11.6 Å². The molecule has 0 N–H and O–H groups in total. The fourth-order valence-electron chi connectivity index (χ4n) is 4.19. The lowest BCUT2D eigenvalue weighted by Gasteiger charge is -2.36. The molecule has 164 valence electrons. The van der Waals surface area contributed by atoms with Gasteiger partial charge in [-0.25, -0.2) is 0 Å². The summed E-state index contributed by atoms with van der Waals surface area (Å²) in [5, 5.41) is 14.9. The highest BCUT2D eigenvalue weighted by Gasteiger charge is 2.27. The molecular weight excluding hydrogens is 408 g/mol. The summed E-state index contributed by atoms with van der Waals surface area (Å²) < 4.78 is 5.24. The number of piperazine rings is 1. The summed E-state index contributed by atoms with van der Waals surface area (Å²) in [5.74, 6) is 0.0866. The van der Waals surface area contributed by atoms with Crippen molar-refractivity contribution in [1.82, 2.24) is 4.90 Å². The summed E-state index contributed by atoms with van der Waals surface area (Å²) in [7, 11) is 0. The van der Waals surface area contributed by atoms with Gasteiger partial charge in [-0.1, -0.05) is 47.6 Å². The lowest BCUT2D eigenvalue weighted by Crippen LogP contribution is -2.45. The molecule has 1 fully saturated rings. The Bertz CT molecular complexity index is 1100. The zero-order chi connectivity index (χ0) is 21.9. The Hall–Kier alpha value is -3.65. The van der Waals surface area contributed by atoms with Gasteiger partial charge in [0.15, 0.2) is 11.9 Å². The summed E-state index contributed by atoms with van der Waals surface area (Å²) in [6, 6.07) is 21.9. The van der Waals surface area contributed by atoms with Gasteiger partial charge in [-0.2, -0.15) is 0 Å².